The van der Waals surface area contributed by atoms with E-state index < -0.39 is 11.2 Å². The highest BCUT2D eigenvalue weighted by atomic mass is 16.2. The quantitative estimate of drug-likeness (QED) is 0.473. The molecule has 17 heavy (non-hydrogen) atoms. The molecule has 0 unspecified atom stereocenters. The summed E-state index contributed by atoms with van der Waals surface area (Å²) in [6, 6.07) is 0. The fourth-order valence-electron chi connectivity index (χ4n) is 1.23. The minimum absolute atomic E-state index is 0.0437. The molecule has 0 aliphatic rings. The van der Waals surface area contributed by atoms with Crippen LogP contribution in [-0.2, 0) is 13.6 Å². The first-order valence-electron chi connectivity index (χ1n) is 4.64. The van der Waals surface area contributed by atoms with E-state index in [1.165, 1.54) is 7.05 Å². The van der Waals surface area contributed by atoms with Gasteiger partial charge in [-0.15, -0.1) is 10.2 Å². The summed E-state index contributed by atoms with van der Waals surface area (Å²) in [7, 11) is 1.45. The largest absolute Gasteiger partial charge is 0.383 e. The average Bonchev–Trinajstić information content (AvgIpc) is 2.79. The minimum Gasteiger partial charge on any atom is -0.383 e. The first kappa shape index (κ1) is 10.9. The fourth-order valence-corrected chi connectivity index (χ4v) is 1.23. The van der Waals surface area contributed by atoms with E-state index in [1.54, 1.807) is 0 Å². The van der Waals surface area contributed by atoms with Crippen LogP contribution in [0.2, 0.25) is 0 Å². The molecule has 10 heteroatoms. The van der Waals surface area contributed by atoms with Crippen LogP contribution in [-0.4, -0.2) is 30.2 Å². The second-order valence-electron chi connectivity index (χ2n) is 3.26. The number of rotatable bonds is 3. The molecule has 0 atom stereocenters. The van der Waals surface area contributed by atoms with E-state index in [0.29, 0.717) is 5.82 Å². The number of nitrogens with one attached hydrogen (secondary N) is 3. The maximum atomic E-state index is 11.5. The maximum absolute atomic E-state index is 11.5. The molecule has 0 aromatic carbocycles. The van der Waals surface area contributed by atoms with Crippen LogP contribution in [0.25, 0.3) is 0 Å². The number of H-pyrrole nitrogens is 2. The molecule has 0 spiro atoms. The number of aromatic amines is 2. The molecule has 0 aliphatic heterocycles. The molecule has 5 N–H and O–H groups in total. The number of anilines is 2. The van der Waals surface area contributed by atoms with Gasteiger partial charge in [0, 0.05) is 7.05 Å². The average molecular weight is 238 g/mol. The van der Waals surface area contributed by atoms with Crippen molar-refractivity contribution in [1.29, 1.82) is 0 Å². The van der Waals surface area contributed by atoms with Crippen LogP contribution in [0, 0.1) is 0 Å². The summed E-state index contributed by atoms with van der Waals surface area (Å²) in [5.74, 6) is 0.417. The van der Waals surface area contributed by atoms with Gasteiger partial charge in [0.2, 0.25) is 0 Å². The van der Waals surface area contributed by atoms with Gasteiger partial charge in [0.1, 0.15) is 11.5 Å². The zero-order valence-corrected chi connectivity index (χ0v) is 8.89. The number of tetrazole rings is 1. The van der Waals surface area contributed by atoms with E-state index >= 15 is 0 Å². The van der Waals surface area contributed by atoms with Crippen molar-refractivity contribution in [2.45, 2.75) is 6.54 Å². The molecular weight excluding hydrogens is 228 g/mol. The van der Waals surface area contributed by atoms with Gasteiger partial charge in [0.05, 0.1) is 6.54 Å². The molecule has 0 amide bonds. The third kappa shape index (κ3) is 2.00. The van der Waals surface area contributed by atoms with Crippen molar-refractivity contribution in [3.8, 4) is 0 Å². The molecule has 0 saturated heterocycles. The second kappa shape index (κ2) is 4.08. The van der Waals surface area contributed by atoms with Gasteiger partial charge in [-0.3, -0.25) is 14.3 Å². The summed E-state index contributed by atoms with van der Waals surface area (Å²) in [6.07, 6.45) is 0. The SMILES string of the molecule is Cn1c(N)c(NCc2nn[nH]n2)c(=O)[nH]c1=O. The lowest BCUT2D eigenvalue weighted by Crippen LogP contribution is -2.32. The highest BCUT2D eigenvalue weighted by Gasteiger charge is 2.10. The summed E-state index contributed by atoms with van der Waals surface area (Å²) in [4.78, 5) is 24.8. The molecule has 0 fully saturated rings. The van der Waals surface area contributed by atoms with Crippen LogP contribution in [0.1, 0.15) is 5.82 Å². The van der Waals surface area contributed by atoms with Gasteiger partial charge in [0.15, 0.2) is 5.82 Å². The Hall–Kier alpha value is -2.65. The lowest BCUT2D eigenvalue weighted by molar-refractivity contribution is 0.811. The molecule has 0 aliphatic carbocycles. The van der Waals surface area contributed by atoms with Gasteiger partial charge in [0.25, 0.3) is 5.56 Å². The summed E-state index contributed by atoms with van der Waals surface area (Å²) < 4.78 is 1.12. The van der Waals surface area contributed by atoms with Crippen LogP contribution in [0.4, 0.5) is 11.5 Å². The van der Waals surface area contributed by atoms with E-state index in [-0.39, 0.29) is 18.1 Å². The molecule has 2 aromatic heterocycles. The summed E-state index contributed by atoms with van der Waals surface area (Å²) >= 11 is 0. The maximum Gasteiger partial charge on any atom is 0.329 e. The third-order valence-electron chi connectivity index (χ3n) is 2.18. The van der Waals surface area contributed by atoms with Crippen molar-refractivity contribution in [3.63, 3.8) is 0 Å². The predicted octanol–water partition coefficient (Wildman–Crippen LogP) is -2.22. The molecule has 2 heterocycles. The standard InChI is InChI=1S/C7H10N8O2/c1-15-5(8)4(6(16)10-7(15)17)9-2-3-11-13-14-12-3/h9H,2,8H2,1H3,(H,10,16,17)(H,11,12,13,14). The van der Waals surface area contributed by atoms with Crippen molar-refractivity contribution in [3.05, 3.63) is 26.7 Å². The lowest BCUT2D eigenvalue weighted by Gasteiger charge is -2.08. The van der Waals surface area contributed by atoms with Crippen LogP contribution in [0.15, 0.2) is 9.59 Å². The van der Waals surface area contributed by atoms with Gasteiger partial charge in [-0.2, -0.15) is 5.21 Å². The number of aromatic nitrogens is 6. The van der Waals surface area contributed by atoms with Crippen LogP contribution >= 0.6 is 0 Å². The van der Waals surface area contributed by atoms with Crippen LogP contribution in [0.3, 0.4) is 0 Å². The van der Waals surface area contributed by atoms with Crippen molar-refractivity contribution in [2.24, 2.45) is 7.05 Å². The normalized spacial score (nSPS) is 10.4. The molecule has 10 nitrogen and oxygen atoms in total. The first-order valence-corrected chi connectivity index (χ1v) is 4.64. The van der Waals surface area contributed by atoms with E-state index in [4.69, 9.17) is 5.73 Å². The van der Waals surface area contributed by atoms with Crippen LogP contribution in [0.5, 0.6) is 0 Å². The highest BCUT2D eigenvalue weighted by molar-refractivity contribution is 5.60. The summed E-state index contributed by atoms with van der Waals surface area (Å²) in [5.41, 5.74) is 4.57. The second-order valence-corrected chi connectivity index (χ2v) is 3.26. The Labute approximate surface area is 93.9 Å². The molecule has 0 bridgehead atoms. The number of nitrogens with two attached hydrogens (primary N) is 1. The molecule has 2 aromatic rings. The smallest absolute Gasteiger partial charge is 0.329 e. The summed E-state index contributed by atoms with van der Waals surface area (Å²) in [6.45, 7) is 0.169. The van der Waals surface area contributed by atoms with E-state index in [2.05, 4.69) is 30.9 Å². The minimum atomic E-state index is -0.589. The number of nitrogens with zero attached hydrogens (tertiary/aromatic N) is 4. The van der Waals surface area contributed by atoms with Gasteiger partial charge in [-0.05, 0) is 0 Å². The Morgan fingerprint density at radius 1 is 1.47 bits per heavy atom. The number of hydrogen-bond acceptors (Lipinski definition) is 7. The molecule has 0 saturated carbocycles. The summed E-state index contributed by atoms with van der Waals surface area (Å²) in [5, 5.41) is 15.8. The zero-order valence-electron chi connectivity index (χ0n) is 8.89. The van der Waals surface area contributed by atoms with Crippen molar-refractivity contribution >= 4 is 11.5 Å². The first-order chi connectivity index (χ1) is 8.09. The monoisotopic (exact) mass is 238 g/mol. The van der Waals surface area contributed by atoms with Gasteiger partial charge >= 0.3 is 5.69 Å². The number of hydrogen-bond donors (Lipinski definition) is 4. The molecule has 2 rings (SSSR count). The van der Waals surface area contributed by atoms with Gasteiger partial charge in [-0.1, -0.05) is 5.21 Å². The van der Waals surface area contributed by atoms with Crippen molar-refractivity contribution < 1.29 is 0 Å². The van der Waals surface area contributed by atoms with E-state index in [9.17, 15) is 9.59 Å². The molecule has 0 radical (unpaired) electrons. The van der Waals surface area contributed by atoms with Gasteiger partial charge < -0.3 is 11.1 Å². The third-order valence-corrected chi connectivity index (χ3v) is 2.18. The Morgan fingerprint density at radius 2 is 2.24 bits per heavy atom. The lowest BCUT2D eigenvalue weighted by atomic mass is 10.4. The van der Waals surface area contributed by atoms with Crippen molar-refractivity contribution in [2.75, 3.05) is 11.1 Å². The number of nitrogen functional groups attached to an aromatic ring is 1. The predicted molar refractivity (Wildman–Crippen MR) is 58.2 cm³/mol. The highest BCUT2D eigenvalue weighted by Crippen LogP contribution is 2.08. The zero-order chi connectivity index (χ0) is 12.4. The van der Waals surface area contributed by atoms with Crippen LogP contribution < -0.4 is 22.3 Å². The van der Waals surface area contributed by atoms with E-state index in [0.717, 1.165) is 4.57 Å². The van der Waals surface area contributed by atoms with Crippen molar-refractivity contribution in [1.82, 2.24) is 30.2 Å². The Kier molecular flexibility index (Phi) is 2.60. The molecule has 90 valence electrons. The topological polar surface area (TPSA) is 147 Å². The Balaban J connectivity index is 2.30. The Bertz CT molecular complexity index is 624. The Morgan fingerprint density at radius 3 is 2.88 bits per heavy atom. The fraction of sp³-hybridized carbons (Fsp3) is 0.286. The van der Waals surface area contributed by atoms with E-state index in [1.807, 2.05) is 0 Å². The molecular formula is C7H10N8O2. The van der Waals surface area contributed by atoms with Gasteiger partial charge in [-0.25, -0.2) is 4.79 Å².